The van der Waals surface area contributed by atoms with Crippen LogP contribution >= 0.6 is 11.6 Å². The minimum atomic E-state index is -4.34. The van der Waals surface area contributed by atoms with E-state index in [0.717, 1.165) is 12.1 Å². The van der Waals surface area contributed by atoms with E-state index in [9.17, 15) is 18.0 Å². The highest BCUT2D eigenvalue weighted by atomic mass is 35.5. The average molecular weight is 384 g/mol. The Labute approximate surface area is 154 Å². The molecule has 3 rings (SSSR count). The zero-order valence-electron chi connectivity index (χ0n) is 13.8. The Morgan fingerprint density at radius 2 is 1.58 bits per heavy atom. The molecule has 138 valence electrons. The van der Waals surface area contributed by atoms with Crippen LogP contribution in [-0.2, 0) is 6.18 Å². The van der Waals surface area contributed by atoms with Crippen molar-refractivity contribution in [2.24, 2.45) is 0 Å². The van der Waals surface area contributed by atoms with E-state index < -0.39 is 11.7 Å². The van der Waals surface area contributed by atoms with Crippen molar-refractivity contribution in [1.82, 2.24) is 4.90 Å². The molecule has 8 heteroatoms. The zero-order chi connectivity index (χ0) is 18.7. The van der Waals surface area contributed by atoms with Crippen LogP contribution in [0.2, 0.25) is 5.02 Å². The summed E-state index contributed by atoms with van der Waals surface area (Å²) >= 11 is 6.03. The molecule has 2 aromatic rings. The Hall–Kier alpha value is -2.41. The van der Waals surface area contributed by atoms with Gasteiger partial charge in [0.25, 0.3) is 0 Å². The van der Waals surface area contributed by atoms with E-state index in [4.69, 9.17) is 11.6 Å². The lowest BCUT2D eigenvalue weighted by molar-refractivity contribution is -0.137. The normalized spacial score (nSPS) is 15.1. The van der Waals surface area contributed by atoms with Crippen LogP contribution in [0, 0.1) is 0 Å². The van der Waals surface area contributed by atoms with E-state index in [-0.39, 0.29) is 6.03 Å². The lowest BCUT2D eigenvalue weighted by Gasteiger charge is -2.36. The number of nitrogens with zero attached hydrogens (tertiary/aromatic N) is 2. The summed E-state index contributed by atoms with van der Waals surface area (Å²) in [4.78, 5) is 15.9. The Morgan fingerprint density at radius 3 is 2.15 bits per heavy atom. The fourth-order valence-corrected chi connectivity index (χ4v) is 2.97. The summed E-state index contributed by atoms with van der Waals surface area (Å²) in [5.74, 6) is 0. The lowest BCUT2D eigenvalue weighted by Crippen LogP contribution is -2.50. The fourth-order valence-electron chi connectivity index (χ4n) is 2.79. The Balaban J connectivity index is 1.57. The second-order valence-electron chi connectivity index (χ2n) is 5.93. The first-order chi connectivity index (χ1) is 12.3. The van der Waals surface area contributed by atoms with Gasteiger partial charge >= 0.3 is 12.2 Å². The Morgan fingerprint density at radius 1 is 0.962 bits per heavy atom. The number of benzene rings is 2. The van der Waals surface area contributed by atoms with E-state index in [2.05, 4.69) is 5.32 Å². The summed E-state index contributed by atoms with van der Waals surface area (Å²) in [7, 11) is 0. The van der Waals surface area contributed by atoms with Crippen molar-refractivity contribution in [3.8, 4) is 0 Å². The SMILES string of the molecule is O=C(Nc1ccccc1Cl)N1CCN(c2ccc(C(F)(F)F)cc2)CC1. The van der Waals surface area contributed by atoms with Crippen molar-refractivity contribution >= 4 is 29.0 Å². The summed E-state index contributed by atoms with van der Waals surface area (Å²) in [5.41, 5.74) is 0.590. The first-order valence-electron chi connectivity index (χ1n) is 8.07. The monoisotopic (exact) mass is 383 g/mol. The number of nitrogens with one attached hydrogen (secondary N) is 1. The number of hydrogen-bond acceptors (Lipinski definition) is 2. The maximum absolute atomic E-state index is 12.6. The maximum Gasteiger partial charge on any atom is 0.416 e. The molecule has 1 aliphatic heterocycles. The molecule has 0 aromatic heterocycles. The summed E-state index contributed by atoms with van der Waals surface area (Å²) in [6, 6.07) is 11.8. The van der Waals surface area contributed by atoms with Crippen molar-refractivity contribution in [3.05, 3.63) is 59.1 Å². The van der Waals surface area contributed by atoms with E-state index in [0.29, 0.717) is 42.6 Å². The van der Waals surface area contributed by atoms with Crippen molar-refractivity contribution in [2.45, 2.75) is 6.18 Å². The number of piperazine rings is 1. The highest BCUT2D eigenvalue weighted by Crippen LogP contribution is 2.30. The average Bonchev–Trinajstić information content (AvgIpc) is 2.63. The minimum absolute atomic E-state index is 0.245. The number of halogens is 4. The predicted octanol–water partition coefficient (Wildman–Crippen LogP) is 4.71. The molecule has 1 N–H and O–H groups in total. The molecule has 0 bridgehead atoms. The van der Waals surface area contributed by atoms with Crippen LogP contribution in [0.1, 0.15) is 5.56 Å². The summed E-state index contributed by atoms with van der Waals surface area (Å²) in [6.45, 7) is 2.03. The van der Waals surface area contributed by atoms with Gasteiger partial charge in [0.05, 0.1) is 16.3 Å². The number of alkyl halides is 3. The molecule has 0 radical (unpaired) electrons. The van der Waals surface area contributed by atoms with Gasteiger partial charge in [-0.15, -0.1) is 0 Å². The third kappa shape index (κ3) is 4.22. The van der Waals surface area contributed by atoms with Gasteiger partial charge in [0.15, 0.2) is 0 Å². The van der Waals surface area contributed by atoms with Crippen molar-refractivity contribution in [1.29, 1.82) is 0 Å². The lowest BCUT2D eigenvalue weighted by atomic mass is 10.1. The van der Waals surface area contributed by atoms with E-state index in [1.807, 2.05) is 4.90 Å². The van der Waals surface area contributed by atoms with Crippen LogP contribution in [-0.4, -0.2) is 37.1 Å². The van der Waals surface area contributed by atoms with Gasteiger partial charge in [0.1, 0.15) is 0 Å². The molecule has 4 nitrogen and oxygen atoms in total. The van der Waals surface area contributed by atoms with Crippen molar-refractivity contribution in [3.63, 3.8) is 0 Å². The van der Waals surface area contributed by atoms with Crippen molar-refractivity contribution in [2.75, 3.05) is 36.4 Å². The third-order valence-corrected chi connectivity index (χ3v) is 4.57. The second kappa shape index (κ2) is 7.45. The number of para-hydroxylation sites is 1. The van der Waals surface area contributed by atoms with Gasteiger partial charge in [-0.1, -0.05) is 23.7 Å². The van der Waals surface area contributed by atoms with Gasteiger partial charge in [-0.2, -0.15) is 13.2 Å². The number of hydrogen-bond donors (Lipinski definition) is 1. The molecule has 0 spiro atoms. The quantitative estimate of drug-likeness (QED) is 0.815. The first kappa shape index (κ1) is 18.4. The van der Waals surface area contributed by atoms with Crippen molar-refractivity contribution < 1.29 is 18.0 Å². The highest BCUT2D eigenvalue weighted by Gasteiger charge is 2.30. The van der Waals surface area contributed by atoms with Crippen LogP contribution in [0.3, 0.4) is 0 Å². The van der Waals surface area contributed by atoms with Gasteiger partial charge < -0.3 is 15.1 Å². The molecule has 0 saturated carbocycles. The predicted molar refractivity (Wildman–Crippen MR) is 95.7 cm³/mol. The molecule has 26 heavy (non-hydrogen) atoms. The minimum Gasteiger partial charge on any atom is -0.368 e. The van der Waals surface area contributed by atoms with Gasteiger partial charge in [-0.3, -0.25) is 0 Å². The van der Waals surface area contributed by atoms with E-state index in [1.54, 1.807) is 29.2 Å². The van der Waals surface area contributed by atoms with Gasteiger partial charge in [0.2, 0.25) is 0 Å². The molecule has 0 aliphatic carbocycles. The van der Waals surface area contributed by atoms with E-state index >= 15 is 0 Å². The molecular formula is C18H17ClF3N3O. The number of carbonyl (C=O) groups excluding carboxylic acids is 1. The maximum atomic E-state index is 12.6. The number of amides is 2. The zero-order valence-corrected chi connectivity index (χ0v) is 14.5. The molecule has 2 amide bonds. The molecule has 2 aromatic carbocycles. The highest BCUT2D eigenvalue weighted by molar-refractivity contribution is 6.33. The topological polar surface area (TPSA) is 35.6 Å². The Kier molecular flexibility index (Phi) is 5.27. The Bertz CT molecular complexity index is 772. The number of urea groups is 1. The van der Waals surface area contributed by atoms with Gasteiger partial charge in [0, 0.05) is 31.9 Å². The number of carbonyl (C=O) groups is 1. The molecule has 1 saturated heterocycles. The molecule has 1 aliphatic rings. The standard InChI is InChI=1S/C18H17ClF3N3O/c19-15-3-1-2-4-16(15)23-17(26)25-11-9-24(10-12-25)14-7-5-13(6-8-14)18(20,21)22/h1-8H,9-12H2,(H,23,26). The third-order valence-electron chi connectivity index (χ3n) is 4.24. The van der Waals surface area contributed by atoms with Crippen LogP contribution in [0.4, 0.5) is 29.3 Å². The van der Waals surface area contributed by atoms with E-state index in [1.165, 1.54) is 12.1 Å². The summed E-state index contributed by atoms with van der Waals surface area (Å²) in [5, 5.41) is 3.23. The number of rotatable bonds is 2. The largest absolute Gasteiger partial charge is 0.416 e. The van der Waals surface area contributed by atoms with Crippen LogP contribution in [0.5, 0.6) is 0 Å². The molecule has 1 heterocycles. The fraction of sp³-hybridized carbons (Fsp3) is 0.278. The molecule has 0 unspecified atom stereocenters. The smallest absolute Gasteiger partial charge is 0.368 e. The van der Waals surface area contributed by atoms with Gasteiger partial charge in [-0.05, 0) is 36.4 Å². The molecule has 1 fully saturated rings. The second-order valence-corrected chi connectivity index (χ2v) is 6.34. The van der Waals surface area contributed by atoms with Crippen LogP contribution < -0.4 is 10.2 Å². The molecule has 0 atom stereocenters. The van der Waals surface area contributed by atoms with Crippen LogP contribution in [0.15, 0.2) is 48.5 Å². The summed E-state index contributed by atoms with van der Waals surface area (Å²) < 4.78 is 37.9. The first-order valence-corrected chi connectivity index (χ1v) is 8.45. The summed E-state index contributed by atoms with van der Waals surface area (Å²) in [6.07, 6.45) is -4.34. The van der Waals surface area contributed by atoms with Crippen LogP contribution in [0.25, 0.3) is 0 Å². The number of anilines is 2. The molecular weight excluding hydrogens is 367 g/mol. The van der Waals surface area contributed by atoms with Gasteiger partial charge in [-0.25, -0.2) is 4.79 Å².